The van der Waals surface area contributed by atoms with E-state index >= 15 is 0 Å². The van der Waals surface area contributed by atoms with Gasteiger partial charge in [-0.25, -0.2) is 0 Å². The lowest BCUT2D eigenvalue weighted by Gasteiger charge is -2.45. The first kappa shape index (κ1) is 25.5. The quantitative estimate of drug-likeness (QED) is 0.587. The van der Waals surface area contributed by atoms with Gasteiger partial charge in [-0.1, -0.05) is 34.3 Å². The van der Waals surface area contributed by atoms with E-state index in [1.807, 2.05) is 13.0 Å². The lowest BCUT2D eigenvalue weighted by atomic mass is 9.66. The van der Waals surface area contributed by atoms with Crippen LogP contribution in [0, 0.1) is 41.4 Å². The predicted molar refractivity (Wildman–Crippen MR) is 124 cm³/mol. The smallest absolute Gasteiger partial charge is 0.233 e. The van der Waals surface area contributed by atoms with Gasteiger partial charge in [-0.15, -0.1) is 0 Å². The fourth-order valence-electron chi connectivity index (χ4n) is 5.44. The maximum atomic E-state index is 12.6. The lowest BCUT2D eigenvalue weighted by Crippen LogP contribution is -2.46. The number of fused-ring (bicyclic) bond motifs is 3. The molecule has 0 spiro atoms. The van der Waals surface area contributed by atoms with Crippen molar-refractivity contribution in [3.63, 3.8) is 0 Å². The molecule has 0 aromatic heterocycles. The molecule has 9 atom stereocenters. The first-order chi connectivity index (χ1) is 15.7. The minimum Gasteiger partial charge on any atom is -0.469 e. The van der Waals surface area contributed by atoms with Crippen molar-refractivity contribution in [3.05, 3.63) is 36.3 Å². The van der Waals surface area contributed by atoms with Gasteiger partial charge in [0.05, 0.1) is 17.6 Å². The fraction of sp³-hybridized carbons (Fsp3) is 0.692. The van der Waals surface area contributed by atoms with Crippen molar-refractivity contribution in [1.82, 2.24) is 4.90 Å². The number of allylic oxidation sites excluding steroid dienone is 4. The molecule has 0 aromatic carbocycles. The summed E-state index contributed by atoms with van der Waals surface area (Å²) in [4.78, 5) is 26.4. The van der Waals surface area contributed by atoms with Gasteiger partial charge in [0.15, 0.2) is 0 Å². The van der Waals surface area contributed by atoms with Crippen molar-refractivity contribution in [1.29, 1.82) is 0 Å². The Morgan fingerprint density at radius 3 is 2.21 bits per heavy atom. The van der Waals surface area contributed by atoms with E-state index in [0.717, 1.165) is 11.5 Å². The van der Waals surface area contributed by atoms with Crippen molar-refractivity contribution in [2.45, 2.75) is 53.6 Å². The molecule has 4 rings (SSSR count). The molecule has 2 saturated heterocycles. The summed E-state index contributed by atoms with van der Waals surface area (Å²) in [6.07, 6.45) is 5.98. The maximum absolute atomic E-state index is 12.6. The molecule has 3 aliphatic heterocycles. The number of methoxy groups -OCH3 is 2. The molecule has 2 amide bonds. The molecule has 0 bridgehead atoms. The van der Waals surface area contributed by atoms with Crippen LogP contribution in [0.25, 0.3) is 0 Å². The van der Waals surface area contributed by atoms with Crippen molar-refractivity contribution in [2.75, 3.05) is 20.8 Å². The average Bonchev–Trinajstić information content (AvgIpc) is 3.07. The Balaban J connectivity index is 0.000000218. The van der Waals surface area contributed by atoms with E-state index in [4.69, 9.17) is 18.9 Å². The molecule has 9 unspecified atom stereocenters. The number of likely N-dealkylation sites (tertiary alicyclic amines) is 1. The van der Waals surface area contributed by atoms with Crippen LogP contribution >= 0.6 is 0 Å². The molecule has 0 saturated carbocycles. The first-order valence-corrected chi connectivity index (χ1v) is 12.0. The number of ether oxygens (including phenoxy) is 4. The number of rotatable bonds is 4. The van der Waals surface area contributed by atoms with E-state index < -0.39 is 0 Å². The summed E-state index contributed by atoms with van der Waals surface area (Å²) in [6.45, 7) is 14.5. The van der Waals surface area contributed by atoms with Crippen LogP contribution in [0.1, 0.15) is 41.0 Å². The number of carbonyl (C=O) groups excluding carboxylic acids is 2. The second kappa shape index (κ2) is 10.4. The van der Waals surface area contributed by atoms with Crippen molar-refractivity contribution >= 4 is 11.8 Å². The normalized spacial score (nSPS) is 39.7. The second-order valence-corrected chi connectivity index (χ2v) is 9.57. The summed E-state index contributed by atoms with van der Waals surface area (Å²) < 4.78 is 22.0. The molecule has 0 N–H and O–H groups in total. The van der Waals surface area contributed by atoms with Crippen LogP contribution in [0.3, 0.4) is 0 Å². The van der Waals surface area contributed by atoms with Crippen LogP contribution in [-0.4, -0.2) is 50.1 Å². The summed E-state index contributed by atoms with van der Waals surface area (Å²) in [5, 5.41) is 0. The second-order valence-electron chi connectivity index (χ2n) is 9.57. The number of nitrogens with zero attached hydrogens (tertiary/aromatic N) is 1. The third kappa shape index (κ3) is 4.62. The van der Waals surface area contributed by atoms with E-state index in [-0.39, 0.29) is 54.0 Å². The summed E-state index contributed by atoms with van der Waals surface area (Å²) in [5.41, 5.74) is 0. The highest BCUT2D eigenvalue weighted by Crippen LogP contribution is 2.50. The minimum atomic E-state index is -0.270. The Kier molecular flexibility index (Phi) is 8.06. The Labute approximate surface area is 197 Å². The van der Waals surface area contributed by atoms with Gasteiger partial charge in [-0.2, -0.15) is 0 Å². The summed E-state index contributed by atoms with van der Waals surface area (Å²) in [5.74, 6) is 2.48. The van der Waals surface area contributed by atoms with Crippen LogP contribution in [0.4, 0.5) is 0 Å². The maximum Gasteiger partial charge on any atom is 0.233 e. The van der Waals surface area contributed by atoms with Crippen molar-refractivity contribution < 1.29 is 28.5 Å². The summed E-state index contributed by atoms with van der Waals surface area (Å²) in [6, 6.07) is 0. The highest BCUT2D eigenvalue weighted by atomic mass is 16.7. The zero-order valence-corrected chi connectivity index (χ0v) is 20.9. The highest BCUT2D eigenvalue weighted by molar-refractivity contribution is 6.05. The standard InChI is InChI=1S/C16H23NO4.C10H16O2/c1-5-17-14(18)10-6-7-11-12(13(10)15(17)19)8(2)9(3)16(20-4)21-11;1-5-9-6-7(2)8(3)10(11-4)12-9/h7-10,12-13,16H,5-6H2,1-4H3;5-8,10H,1H2,2-4H3. The van der Waals surface area contributed by atoms with E-state index in [9.17, 15) is 9.59 Å². The van der Waals surface area contributed by atoms with Gasteiger partial charge in [0.1, 0.15) is 5.76 Å². The van der Waals surface area contributed by atoms with Gasteiger partial charge in [0, 0.05) is 38.5 Å². The van der Waals surface area contributed by atoms with E-state index in [0.29, 0.717) is 24.8 Å². The van der Waals surface area contributed by atoms with Crippen LogP contribution in [-0.2, 0) is 28.5 Å². The van der Waals surface area contributed by atoms with Crippen LogP contribution in [0.5, 0.6) is 0 Å². The van der Waals surface area contributed by atoms with Gasteiger partial charge < -0.3 is 18.9 Å². The average molecular weight is 462 g/mol. The molecule has 0 radical (unpaired) electrons. The molecule has 2 fully saturated rings. The van der Waals surface area contributed by atoms with E-state index in [1.165, 1.54) is 4.90 Å². The van der Waals surface area contributed by atoms with Crippen LogP contribution in [0.2, 0.25) is 0 Å². The topological polar surface area (TPSA) is 74.3 Å². The summed E-state index contributed by atoms with van der Waals surface area (Å²) in [7, 11) is 3.31. The molecule has 7 nitrogen and oxygen atoms in total. The Bertz CT molecular complexity index is 820. The van der Waals surface area contributed by atoms with Crippen LogP contribution in [0.15, 0.2) is 36.3 Å². The number of hydrogen-bond donors (Lipinski definition) is 0. The van der Waals surface area contributed by atoms with Gasteiger partial charge >= 0.3 is 0 Å². The molecule has 4 aliphatic rings. The summed E-state index contributed by atoms with van der Waals surface area (Å²) >= 11 is 0. The van der Waals surface area contributed by atoms with Gasteiger partial charge in [0.25, 0.3) is 0 Å². The minimum absolute atomic E-state index is 0.00171. The monoisotopic (exact) mass is 461 g/mol. The molecule has 184 valence electrons. The Morgan fingerprint density at radius 1 is 1.00 bits per heavy atom. The number of amides is 2. The molecule has 7 heteroatoms. The zero-order chi connectivity index (χ0) is 24.4. The number of hydrogen-bond acceptors (Lipinski definition) is 6. The van der Waals surface area contributed by atoms with Gasteiger partial charge in [-0.3, -0.25) is 14.5 Å². The third-order valence-electron chi connectivity index (χ3n) is 7.85. The molecule has 33 heavy (non-hydrogen) atoms. The molecule has 0 aromatic rings. The van der Waals surface area contributed by atoms with Crippen molar-refractivity contribution in [3.8, 4) is 0 Å². The van der Waals surface area contributed by atoms with Gasteiger partial charge in [-0.05, 0) is 43.4 Å². The Morgan fingerprint density at radius 2 is 1.64 bits per heavy atom. The predicted octanol–water partition coefficient (Wildman–Crippen LogP) is 4.12. The fourth-order valence-corrected chi connectivity index (χ4v) is 5.44. The third-order valence-corrected chi connectivity index (χ3v) is 7.85. The van der Waals surface area contributed by atoms with Gasteiger partial charge in [0.2, 0.25) is 24.4 Å². The largest absolute Gasteiger partial charge is 0.469 e. The molecule has 3 heterocycles. The molecule has 1 aliphatic carbocycles. The number of carbonyl (C=O) groups is 2. The SMILES string of the molecule is C=CC1=CC(C)C(C)C(OC)O1.CCN1C(=O)C2CC=C3OC(OC)C(C)C(C)C3C2C1=O. The Hall–Kier alpha value is -2.12. The van der Waals surface area contributed by atoms with Crippen molar-refractivity contribution in [2.24, 2.45) is 41.4 Å². The lowest BCUT2D eigenvalue weighted by molar-refractivity contribution is -0.184. The molecular formula is C26H39NO6. The van der Waals surface area contributed by atoms with Crippen LogP contribution < -0.4 is 0 Å². The van der Waals surface area contributed by atoms with E-state index in [2.05, 4.69) is 40.3 Å². The first-order valence-electron chi connectivity index (χ1n) is 12.0. The molecular weight excluding hydrogens is 422 g/mol. The van der Waals surface area contributed by atoms with E-state index in [1.54, 1.807) is 20.3 Å². The number of imide groups is 1. The zero-order valence-electron chi connectivity index (χ0n) is 20.9. The highest BCUT2D eigenvalue weighted by Gasteiger charge is 2.56.